The average molecular weight is 304 g/mol. The van der Waals surface area contributed by atoms with Gasteiger partial charge in [-0.25, -0.2) is 0 Å². The van der Waals surface area contributed by atoms with Crippen LogP contribution in [-0.2, 0) is 0 Å². The first-order valence-corrected chi connectivity index (χ1v) is 6.95. The van der Waals surface area contributed by atoms with Crippen molar-refractivity contribution in [1.82, 2.24) is 0 Å². The van der Waals surface area contributed by atoms with E-state index in [9.17, 15) is 0 Å². The maximum absolute atomic E-state index is 3.60. The Balaban J connectivity index is 2.21. The molecule has 2 heteroatoms. The first-order chi connectivity index (χ1) is 8.58. The van der Waals surface area contributed by atoms with E-state index < -0.39 is 0 Å². The van der Waals surface area contributed by atoms with Crippen LogP contribution in [0.1, 0.15) is 29.7 Å². The Morgan fingerprint density at radius 3 is 2.44 bits per heavy atom. The smallest absolute Gasteiger partial charge is 0.0496 e. The summed E-state index contributed by atoms with van der Waals surface area (Å²) in [7, 11) is 0. The summed E-state index contributed by atoms with van der Waals surface area (Å²) < 4.78 is 1.15. The van der Waals surface area contributed by atoms with Crippen LogP contribution in [0.2, 0.25) is 0 Å². The van der Waals surface area contributed by atoms with E-state index in [0.29, 0.717) is 0 Å². The molecule has 1 nitrogen and oxygen atoms in total. The van der Waals surface area contributed by atoms with Crippen LogP contribution in [0.5, 0.6) is 0 Å². The molecule has 0 aliphatic rings. The first-order valence-electron chi connectivity index (χ1n) is 6.16. The molecule has 0 spiro atoms. The summed E-state index contributed by atoms with van der Waals surface area (Å²) in [6.07, 6.45) is 0. The molecule has 0 fully saturated rings. The van der Waals surface area contributed by atoms with Crippen molar-refractivity contribution in [2.45, 2.75) is 26.8 Å². The molecule has 18 heavy (non-hydrogen) atoms. The third-order valence-corrected chi connectivity index (χ3v) is 3.85. The van der Waals surface area contributed by atoms with E-state index >= 15 is 0 Å². The van der Waals surface area contributed by atoms with E-state index in [0.717, 1.165) is 4.47 Å². The van der Waals surface area contributed by atoms with Gasteiger partial charge in [-0.1, -0.05) is 51.8 Å². The minimum Gasteiger partial charge on any atom is -0.378 e. The molecule has 1 atom stereocenters. The van der Waals surface area contributed by atoms with Crippen molar-refractivity contribution < 1.29 is 0 Å². The molecule has 0 bridgehead atoms. The number of benzene rings is 2. The molecule has 1 unspecified atom stereocenters. The summed E-state index contributed by atoms with van der Waals surface area (Å²) in [6.45, 7) is 6.44. The van der Waals surface area contributed by atoms with Gasteiger partial charge in [-0.3, -0.25) is 0 Å². The highest BCUT2D eigenvalue weighted by atomic mass is 79.9. The Morgan fingerprint density at radius 1 is 1.06 bits per heavy atom. The third kappa shape index (κ3) is 2.94. The monoisotopic (exact) mass is 303 g/mol. The Hall–Kier alpha value is -1.28. The predicted octanol–water partition coefficient (Wildman–Crippen LogP) is 5.24. The average Bonchev–Trinajstić information content (AvgIpc) is 2.33. The minimum atomic E-state index is 0.280. The second-order valence-corrected chi connectivity index (χ2v) is 5.56. The lowest BCUT2D eigenvalue weighted by atomic mass is 10.1. The van der Waals surface area contributed by atoms with Crippen molar-refractivity contribution in [3.8, 4) is 0 Å². The predicted molar refractivity (Wildman–Crippen MR) is 82.1 cm³/mol. The highest BCUT2D eigenvalue weighted by molar-refractivity contribution is 9.10. The van der Waals surface area contributed by atoms with Crippen LogP contribution in [-0.4, -0.2) is 0 Å². The zero-order valence-corrected chi connectivity index (χ0v) is 12.6. The molecule has 0 aliphatic carbocycles. The lowest BCUT2D eigenvalue weighted by Crippen LogP contribution is -2.08. The lowest BCUT2D eigenvalue weighted by molar-refractivity contribution is 0.876. The number of rotatable bonds is 3. The van der Waals surface area contributed by atoms with Crippen molar-refractivity contribution in [1.29, 1.82) is 0 Å². The first kappa shape index (κ1) is 13.2. The highest BCUT2D eigenvalue weighted by Gasteiger charge is 2.09. The zero-order chi connectivity index (χ0) is 13.1. The van der Waals surface area contributed by atoms with Crippen molar-refractivity contribution in [3.63, 3.8) is 0 Å². The molecule has 1 N–H and O–H groups in total. The molecular formula is C16H18BrN. The fourth-order valence-corrected chi connectivity index (χ4v) is 2.74. The van der Waals surface area contributed by atoms with Crippen molar-refractivity contribution in [2.75, 3.05) is 5.32 Å². The van der Waals surface area contributed by atoms with Gasteiger partial charge in [0.1, 0.15) is 0 Å². The largest absolute Gasteiger partial charge is 0.378 e. The lowest BCUT2D eigenvalue weighted by Gasteiger charge is -2.19. The van der Waals surface area contributed by atoms with Gasteiger partial charge in [-0.05, 0) is 44.0 Å². The fourth-order valence-electron chi connectivity index (χ4n) is 2.11. The van der Waals surface area contributed by atoms with Gasteiger partial charge in [0.15, 0.2) is 0 Å². The molecule has 0 heterocycles. The fraction of sp³-hybridized carbons (Fsp3) is 0.250. The van der Waals surface area contributed by atoms with Crippen molar-refractivity contribution >= 4 is 21.6 Å². The molecule has 94 valence electrons. The van der Waals surface area contributed by atoms with E-state index in [1.807, 2.05) is 6.07 Å². The molecular weight excluding hydrogens is 286 g/mol. The maximum Gasteiger partial charge on any atom is 0.0496 e. The molecule has 2 aromatic carbocycles. The van der Waals surface area contributed by atoms with Crippen LogP contribution in [0.4, 0.5) is 5.69 Å². The van der Waals surface area contributed by atoms with Crippen LogP contribution < -0.4 is 5.32 Å². The Bertz CT molecular complexity index is 549. The summed E-state index contributed by atoms with van der Waals surface area (Å²) in [5, 5.41) is 3.56. The summed E-state index contributed by atoms with van der Waals surface area (Å²) in [4.78, 5) is 0. The highest BCUT2D eigenvalue weighted by Crippen LogP contribution is 2.27. The molecule has 0 aliphatic heterocycles. The third-order valence-electron chi connectivity index (χ3n) is 3.13. The van der Waals surface area contributed by atoms with E-state index in [2.05, 4.69) is 78.4 Å². The van der Waals surface area contributed by atoms with Gasteiger partial charge in [-0.15, -0.1) is 0 Å². The number of hydrogen-bond donors (Lipinski definition) is 1. The van der Waals surface area contributed by atoms with Gasteiger partial charge in [-0.2, -0.15) is 0 Å². The quantitative estimate of drug-likeness (QED) is 0.817. The maximum atomic E-state index is 3.60. The van der Waals surface area contributed by atoms with Gasteiger partial charge in [0.2, 0.25) is 0 Å². The summed E-state index contributed by atoms with van der Waals surface area (Å²) >= 11 is 3.60. The van der Waals surface area contributed by atoms with Gasteiger partial charge in [0.25, 0.3) is 0 Å². The molecule has 2 aromatic rings. The molecule has 0 radical (unpaired) electrons. The Morgan fingerprint density at radius 2 is 1.78 bits per heavy atom. The second kappa shape index (κ2) is 5.57. The van der Waals surface area contributed by atoms with Crippen molar-refractivity contribution in [2.24, 2.45) is 0 Å². The topological polar surface area (TPSA) is 12.0 Å². The molecule has 0 saturated carbocycles. The number of hydrogen-bond acceptors (Lipinski definition) is 1. The van der Waals surface area contributed by atoms with Crippen LogP contribution in [0.25, 0.3) is 0 Å². The van der Waals surface area contributed by atoms with Gasteiger partial charge >= 0.3 is 0 Å². The molecule has 2 rings (SSSR count). The van der Waals surface area contributed by atoms with Crippen LogP contribution >= 0.6 is 15.9 Å². The Kier molecular flexibility index (Phi) is 4.07. The van der Waals surface area contributed by atoms with Crippen LogP contribution in [0.3, 0.4) is 0 Å². The van der Waals surface area contributed by atoms with E-state index in [4.69, 9.17) is 0 Å². The zero-order valence-electron chi connectivity index (χ0n) is 11.0. The summed E-state index contributed by atoms with van der Waals surface area (Å²) in [5.41, 5.74) is 5.06. The number of halogens is 1. The van der Waals surface area contributed by atoms with Gasteiger partial charge < -0.3 is 5.32 Å². The second-order valence-electron chi connectivity index (χ2n) is 4.71. The summed E-state index contributed by atoms with van der Waals surface area (Å²) in [6, 6.07) is 15.1. The van der Waals surface area contributed by atoms with Gasteiger partial charge in [0.05, 0.1) is 0 Å². The molecule has 0 amide bonds. The standard InChI is InChI=1S/C16H18BrN/c1-11-8-9-16(12(2)10-11)18-13(3)14-6-4-5-7-15(14)17/h4-10,13,18H,1-3H3. The molecule has 0 aromatic heterocycles. The van der Waals surface area contributed by atoms with Crippen LogP contribution in [0.15, 0.2) is 46.9 Å². The minimum absolute atomic E-state index is 0.280. The van der Waals surface area contributed by atoms with Crippen LogP contribution in [0, 0.1) is 13.8 Å². The van der Waals surface area contributed by atoms with Gasteiger partial charge in [0, 0.05) is 16.2 Å². The summed E-state index contributed by atoms with van der Waals surface area (Å²) in [5.74, 6) is 0. The van der Waals surface area contributed by atoms with E-state index in [1.54, 1.807) is 0 Å². The number of anilines is 1. The van der Waals surface area contributed by atoms with E-state index in [1.165, 1.54) is 22.4 Å². The number of nitrogens with one attached hydrogen (secondary N) is 1. The van der Waals surface area contributed by atoms with Crippen molar-refractivity contribution in [3.05, 3.63) is 63.6 Å². The normalized spacial score (nSPS) is 12.2. The number of aryl methyl sites for hydroxylation is 2. The van der Waals surface area contributed by atoms with E-state index in [-0.39, 0.29) is 6.04 Å². The molecule has 0 saturated heterocycles. The Labute approximate surface area is 117 Å². The SMILES string of the molecule is Cc1ccc(NC(C)c2ccccc2Br)c(C)c1.